The molecule has 6 nitrogen and oxygen atoms in total. The van der Waals surface area contributed by atoms with Crippen molar-refractivity contribution in [2.75, 3.05) is 24.6 Å². The molecule has 0 radical (unpaired) electrons. The Bertz CT molecular complexity index is 1010. The second-order valence-corrected chi connectivity index (χ2v) is 9.82. The number of anilines is 1. The first-order chi connectivity index (χ1) is 16.8. The summed E-state index contributed by atoms with van der Waals surface area (Å²) in [5.74, 6) is 0.0927. The first kappa shape index (κ1) is 26.5. The van der Waals surface area contributed by atoms with E-state index in [9.17, 15) is 14.4 Å². The predicted octanol–water partition coefficient (Wildman–Crippen LogP) is 4.92. The number of likely N-dealkylation sites (tertiary alicyclic amines) is 1. The van der Waals surface area contributed by atoms with E-state index in [0.717, 1.165) is 16.8 Å². The summed E-state index contributed by atoms with van der Waals surface area (Å²) in [5.41, 5.74) is 3.94. The highest BCUT2D eigenvalue weighted by molar-refractivity contribution is 5.93. The number of benzene rings is 2. The third kappa shape index (κ3) is 7.67. The summed E-state index contributed by atoms with van der Waals surface area (Å²) in [7, 11) is 0. The molecule has 0 aliphatic carbocycles. The summed E-state index contributed by atoms with van der Waals surface area (Å²) in [5, 5.41) is 0. The lowest BCUT2D eigenvalue weighted by atomic mass is 9.96. The van der Waals surface area contributed by atoms with E-state index < -0.39 is 0 Å². The van der Waals surface area contributed by atoms with Gasteiger partial charge in [-0.3, -0.25) is 14.4 Å². The number of nitrogens with zero attached hydrogens (tertiary/aromatic N) is 2. The highest BCUT2D eigenvalue weighted by Gasteiger charge is 2.28. The first-order valence-corrected chi connectivity index (χ1v) is 12.7. The average Bonchev–Trinajstić information content (AvgIpc) is 2.83. The van der Waals surface area contributed by atoms with Crippen molar-refractivity contribution >= 4 is 23.5 Å². The summed E-state index contributed by atoms with van der Waals surface area (Å²) in [4.78, 5) is 41.8. The number of piperidine rings is 1. The van der Waals surface area contributed by atoms with Crippen LogP contribution in [0, 0.1) is 18.8 Å². The van der Waals surface area contributed by atoms with E-state index in [1.54, 1.807) is 0 Å². The third-order valence-corrected chi connectivity index (χ3v) is 6.39. The highest BCUT2D eigenvalue weighted by atomic mass is 16.5. The Balaban J connectivity index is 1.69. The summed E-state index contributed by atoms with van der Waals surface area (Å²) >= 11 is 0. The number of ether oxygens (including phenoxy) is 1. The van der Waals surface area contributed by atoms with Gasteiger partial charge < -0.3 is 14.5 Å². The molecule has 35 heavy (non-hydrogen) atoms. The van der Waals surface area contributed by atoms with Crippen LogP contribution in [0.25, 0.3) is 0 Å². The maximum Gasteiger partial charge on any atom is 0.309 e. The Hall–Kier alpha value is -3.15. The van der Waals surface area contributed by atoms with E-state index in [-0.39, 0.29) is 36.0 Å². The van der Waals surface area contributed by atoms with E-state index in [4.69, 9.17) is 4.74 Å². The van der Waals surface area contributed by atoms with Gasteiger partial charge in [0.25, 0.3) is 0 Å². The van der Waals surface area contributed by atoms with E-state index >= 15 is 0 Å². The molecule has 2 aromatic rings. The third-order valence-electron chi connectivity index (χ3n) is 6.39. The molecule has 0 spiro atoms. The van der Waals surface area contributed by atoms with Gasteiger partial charge in [0.05, 0.1) is 25.5 Å². The van der Waals surface area contributed by atoms with Gasteiger partial charge in [0.15, 0.2) is 0 Å². The molecule has 188 valence electrons. The summed E-state index contributed by atoms with van der Waals surface area (Å²) < 4.78 is 5.13. The maximum atomic E-state index is 13.2. The number of carbonyl (C=O) groups is 3. The zero-order chi connectivity index (χ0) is 25.4. The Kier molecular flexibility index (Phi) is 9.47. The number of esters is 1. The predicted molar refractivity (Wildman–Crippen MR) is 138 cm³/mol. The normalized spacial score (nSPS) is 14.1. The van der Waals surface area contributed by atoms with E-state index in [1.165, 1.54) is 5.56 Å². The van der Waals surface area contributed by atoms with Crippen molar-refractivity contribution in [3.8, 4) is 0 Å². The van der Waals surface area contributed by atoms with Crippen LogP contribution in [0.1, 0.15) is 56.7 Å². The molecule has 1 aliphatic rings. The fourth-order valence-electron chi connectivity index (χ4n) is 4.40. The molecular formula is C29H38N2O4. The van der Waals surface area contributed by atoms with Crippen molar-refractivity contribution in [1.82, 2.24) is 4.90 Å². The summed E-state index contributed by atoms with van der Waals surface area (Å²) in [6, 6.07) is 16.0. The van der Waals surface area contributed by atoms with Gasteiger partial charge in [0.2, 0.25) is 11.8 Å². The quantitative estimate of drug-likeness (QED) is 0.480. The van der Waals surface area contributed by atoms with Gasteiger partial charge in [0, 0.05) is 25.2 Å². The van der Waals surface area contributed by atoms with Crippen LogP contribution in [0.4, 0.5) is 5.69 Å². The van der Waals surface area contributed by atoms with Gasteiger partial charge in [0.1, 0.15) is 0 Å². The van der Waals surface area contributed by atoms with Crippen LogP contribution >= 0.6 is 0 Å². The lowest BCUT2D eigenvalue weighted by Gasteiger charge is -2.31. The Morgan fingerprint density at radius 2 is 1.71 bits per heavy atom. The minimum atomic E-state index is -0.160. The zero-order valence-corrected chi connectivity index (χ0v) is 21.5. The molecule has 0 saturated carbocycles. The van der Waals surface area contributed by atoms with Crippen molar-refractivity contribution in [2.45, 2.75) is 59.9 Å². The summed E-state index contributed by atoms with van der Waals surface area (Å²) in [6.45, 7) is 9.95. The van der Waals surface area contributed by atoms with E-state index in [1.807, 2.05) is 61.8 Å². The number of hydrogen-bond donors (Lipinski definition) is 0. The molecule has 2 amide bonds. The molecule has 1 fully saturated rings. The molecule has 1 saturated heterocycles. The molecule has 0 aromatic heterocycles. The largest absolute Gasteiger partial charge is 0.466 e. The van der Waals surface area contributed by atoms with Crippen LogP contribution < -0.4 is 4.90 Å². The van der Waals surface area contributed by atoms with Crippen LogP contribution in [0.2, 0.25) is 0 Å². The molecule has 0 bridgehead atoms. The van der Waals surface area contributed by atoms with Gasteiger partial charge in [-0.1, -0.05) is 55.8 Å². The lowest BCUT2D eigenvalue weighted by molar-refractivity contribution is -0.151. The minimum absolute atomic E-state index is 0.0445. The van der Waals surface area contributed by atoms with Crippen molar-refractivity contribution in [2.24, 2.45) is 11.8 Å². The fourth-order valence-corrected chi connectivity index (χ4v) is 4.40. The highest BCUT2D eigenvalue weighted by Crippen LogP contribution is 2.24. The van der Waals surface area contributed by atoms with Crippen molar-refractivity contribution in [3.63, 3.8) is 0 Å². The number of aryl methyl sites for hydroxylation is 1. The fraction of sp³-hybridized carbons (Fsp3) is 0.483. The Labute approximate surface area is 209 Å². The smallest absolute Gasteiger partial charge is 0.309 e. The molecule has 3 rings (SSSR count). The molecule has 6 heteroatoms. The Morgan fingerprint density at radius 3 is 2.34 bits per heavy atom. The SMILES string of the molecule is CCOC(=O)C1CCN(C(=O)Cc2cccc(N(Cc3ccc(C)cc3)C(=O)CC(C)C)c2)CC1. The van der Waals surface area contributed by atoms with Crippen molar-refractivity contribution in [1.29, 1.82) is 0 Å². The second kappa shape index (κ2) is 12.5. The van der Waals surface area contributed by atoms with Crippen LogP contribution in [0.15, 0.2) is 48.5 Å². The molecule has 0 unspecified atom stereocenters. The standard InChI is InChI=1S/C29H38N2O4/c1-5-35-29(34)25-13-15-30(16-14-25)27(32)19-24-7-6-8-26(18-24)31(28(33)17-21(2)3)20-23-11-9-22(4)10-12-23/h6-12,18,21,25H,5,13-17,19-20H2,1-4H3. The monoisotopic (exact) mass is 478 g/mol. The first-order valence-electron chi connectivity index (χ1n) is 12.7. The molecule has 0 atom stereocenters. The molecule has 0 N–H and O–H groups in total. The summed E-state index contributed by atoms with van der Waals surface area (Å²) in [6.07, 6.45) is 2.01. The van der Waals surface area contributed by atoms with Crippen molar-refractivity contribution < 1.29 is 19.1 Å². The van der Waals surface area contributed by atoms with Crippen LogP contribution in [0.5, 0.6) is 0 Å². The second-order valence-electron chi connectivity index (χ2n) is 9.82. The van der Waals surface area contributed by atoms with Crippen LogP contribution in [-0.2, 0) is 32.1 Å². The van der Waals surface area contributed by atoms with Crippen LogP contribution in [0.3, 0.4) is 0 Å². The van der Waals surface area contributed by atoms with Gasteiger partial charge in [-0.05, 0) is 55.9 Å². The number of hydrogen-bond acceptors (Lipinski definition) is 4. The van der Waals surface area contributed by atoms with Gasteiger partial charge in [-0.2, -0.15) is 0 Å². The topological polar surface area (TPSA) is 66.9 Å². The lowest BCUT2D eigenvalue weighted by Crippen LogP contribution is -2.41. The number of carbonyl (C=O) groups excluding carboxylic acids is 3. The Morgan fingerprint density at radius 1 is 1.03 bits per heavy atom. The average molecular weight is 479 g/mol. The van der Waals surface area contributed by atoms with Gasteiger partial charge in [-0.25, -0.2) is 0 Å². The van der Waals surface area contributed by atoms with E-state index in [0.29, 0.717) is 45.5 Å². The van der Waals surface area contributed by atoms with Crippen molar-refractivity contribution in [3.05, 3.63) is 65.2 Å². The minimum Gasteiger partial charge on any atom is -0.466 e. The molecule has 1 aliphatic heterocycles. The van der Waals surface area contributed by atoms with Crippen LogP contribution in [-0.4, -0.2) is 42.4 Å². The molecule has 2 aromatic carbocycles. The molecular weight excluding hydrogens is 440 g/mol. The van der Waals surface area contributed by atoms with Gasteiger partial charge in [-0.15, -0.1) is 0 Å². The van der Waals surface area contributed by atoms with E-state index in [2.05, 4.69) is 24.3 Å². The maximum absolute atomic E-state index is 13.2. The number of rotatable bonds is 9. The van der Waals surface area contributed by atoms with Gasteiger partial charge >= 0.3 is 5.97 Å². The number of amides is 2. The molecule has 1 heterocycles. The zero-order valence-electron chi connectivity index (χ0n) is 21.5.